The molecule has 6 heteroatoms. The van der Waals surface area contributed by atoms with Gasteiger partial charge in [0.05, 0.1) is 13.2 Å². The maximum absolute atomic E-state index is 13.0. The van der Waals surface area contributed by atoms with Crippen molar-refractivity contribution in [2.24, 2.45) is 0 Å². The highest BCUT2D eigenvalue weighted by Gasteiger charge is 2.22. The first-order chi connectivity index (χ1) is 7.66. The molecular weight excluding hydrogens is 214 g/mol. The molecule has 1 fully saturated rings. The minimum atomic E-state index is -1.67. The van der Waals surface area contributed by atoms with E-state index in [1.54, 1.807) is 0 Å². The van der Waals surface area contributed by atoms with Crippen molar-refractivity contribution in [2.45, 2.75) is 12.5 Å². The molecular formula is C10H12BFO4. The smallest absolute Gasteiger partial charge is 0.488 e. The van der Waals surface area contributed by atoms with Crippen LogP contribution in [0.2, 0.25) is 0 Å². The van der Waals surface area contributed by atoms with E-state index in [2.05, 4.69) is 0 Å². The zero-order chi connectivity index (χ0) is 11.5. The van der Waals surface area contributed by atoms with Gasteiger partial charge in [0.2, 0.25) is 0 Å². The van der Waals surface area contributed by atoms with Crippen LogP contribution in [-0.4, -0.2) is 36.5 Å². The van der Waals surface area contributed by atoms with Crippen LogP contribution in [-0.2, 0) is 4.74 Å². The Bertz CT molecular complexity index is 366. The molecule has 1 unspecified atom stereocenters. The van der Waals surface area contributed by atoms with Crippen molar-refractivity contribution in [3.8, 4) is 5.75 Å². The van der Waals surface area contributed by atoms with E-state index in [4.69, 9.17) is 19.5 Å². The Hall–Kier alpha value is -1.11. The molecule has 0 amide bonds. The topological polar surface area (TPSA) is 58.9 Å². The van der Waals surface area contributed by atoms with Crippen LogP contribution in [0.5, 0.6) is 5.75 Å². The van der Waals surface area contributed by atoms with Gasteiger partial charge in [0.15, 0.2) is 0 Å². The Labute approximate surface area is 92.8 Å². The van der Waals surface area contributed by atoms with Crippen LogP contribution in [0.3, 0.4) is 0 Å². The lowest BCUT2D eigenvalue weighted by atomic mass is 9.79. The van der Waals surface area contributed by atoms with Gasteiger partial charge < -0.3 is 19.5 Å². The lowest BCUT2D eigenvalue weighted by Crippen LogP contribution is -2.33. The predicted octanol–water partition coefficient (Wildman–Crippen LogP) is -0.327. The summed E-state index contributed by atoms with van der Waals surface area (Å²) in [5.74, 6) is -0.316. The normalized spacial score (nSPS) is 19.8. The first kappa shape index (κ1) is 11.4. The number of rotatable bonds is 3. The first-order valence-electron chi connectivity index (χ1n) is 5.07. The molecule has 0 spiro atoms. The Morgan fingerprint density at radius 1 is 1.44 bits per heavy atom. The van der Waals surface area contributed by atoms with Gasteiger partial charge in [-0.2, -0.15) is 0 Å². The fourth-order valence-corrected chi connectivity index (χ4v) is 1.61. The Kier molecular flexibility index (Phi) is 3.43. The van der Waals surface area contributed by atoms with E-state index in [1.165, 1.54) is 6.07 Å². The van der Waals surface area contributed by atoms with Gasteiger partial charge in [0, 0.05) is 17.9 Å². The SMILES string of the molecule is OB(O)c1ccc(F)cc1OC1CCOC1. The molecule has 1 heterocycles. The summed E-state index contributed by atoms with van der Waals surface area (Å²) in [6.45, 7) is 1.05. The highest BCUT2D eigenvalue weighted by Crippen LogP contribution is 2.16. The number of benzene rings is 1. The number of hydrogen-bond acceptors (Lipinski definition) is 4. The predicted molar refractivity (Wildman–Crippen MR) is 56.1 cm³/mol. The molecule has 0 radical (unpaired) electrons. The lowest BCUT2D eigenvalue weighted by Gasteiger charge is -2.15. The van der Waals surface area contributed by atoms with Crippen LogP contribution in [0.4, 0.5) is 4.39 Å². The average Bonchev–Trinajstić information content (AvgIpc) is 2.70. The van der Waals surface area contributed by atoms with Crippen LogP contribution in [0, 0.1) is 5.82 Å². The summed E-state index contributed by atoms with van der Waals surface area (Å²) in [6.07, 6.45) is 0.566. The average molecular weight is 226 g/mol. The van der Waals surface area contributed by atoms with E-state index in [9.17, 15) is 4.39 Å². The Morgan fingerprint density at radius 3 is 2.88 bits per heavy atom. The summed E-state index contributed by atoms with van der Waals surface area (Å²) < 4.78 is 23.6. The van der Waals surface area contributed by atoms with Gasteiger partial charge in [-0.3, -0.25) is 0 Å². The Balaban J connectivity index is 2.19. The highest BCUT2D eigenvalue weighted by molar-refractivity contribution is 6.59. The van der Waals surface area contributed by atoms with Gasteiger partial charge in [-0.15, -0.1) is 0 Å². The summed E-state index contributed by atoms with van der Waals surface area (Å²) in [5.41, 5.74) is 0.160. The molecule has 1 aromatic carbocycles. The van der Waals surface area contributed by atoms with Crippen LogP contribution >= 0.6 is 0 Å². The number of hydrogen-bond donors (Lipinski definition) is 2. The van der Waals surface area contributed by atoms with Gasteiger partial charge in [0.25, 0.3) is 0 Å². The fourth-order valence-electron chi connectivity index (χ4n) is 1.61. The fraction of sp³-hybridized carbons (Fsp3) is 0.400. The largest absolute Gasteiger partial charge is 0.492 e. The van der Waals surface area contributed by atoms with Crippen molar-refractivity contribution >= 4 is 12.6 Å². The van der Waals surface area contributed by atoms with Gasteiger partial charge in [0.1, 0.15) is 17.7 Å². The molecule has 2 N–H and O–H groups in total. The molecule has 2 rings (SSSR count). The molecule has 16 heavy (non-hydrogen) atoms. The zero-order valence-electron chi connectivity index (χ0n) is 8.60. The minimum Gasteiger partial charge on any atom is -0.488 e. The molecule has 0 aromatic heterocycles. The van der Waals surface area contributed by atoms with Crippen molar-refractivity contribution in [1.82, 2.24) is 0 Å². The molecule has 1 saturated heterocycles. The van der Waals surface area contributed by atoms with E-state index in [0.29, 0.717) is 13.2 Å². The number of ether oxygens (including phenoxy) is 2. The number of halogens is 1. The third-order valence-corrected chi connectivity index (χ3v) is 2.44. The van der Waals surface area contributed by atoms with Gasteiger partial charge in [-0.1, -0.05) is 6.07 Å². The Morgan fingerprint density at radius 2 is 2.25 bits per heavy atom. The maximum Gasteiger partial charge on any atom is 0.492 e. The quantitative estimate of drug-likeness (QED) is 0.693. The highest BCUT2D eigenvalue weighted by atomic mass is 19.1. The molecule has 1 aliphatic rings. The van der Waals surface area contributed by atoms with Crippen molar-refractivity contribution < 1.29 is 23.9 Å². The molecule has 0 saturated carbocycles. The first-order valence-corrected chi connectivity index (χ1v) is 5.07. The van der Waals surface area contributed by atoms with Gasteiger partial charge in [-0.05, 0) is 6.07 Å². The van der Waals surface area contributed by atoms with Crippen molar-refractivity contribution in [3.63, 3.8) is 0 Å². The second-order valence-electron chi connectivity index (χ2n) is 3.66. The van der Waals surface area contributed by atoms with Crippen molar-refractivity contribution in [2.75, 3.05) is 13.2 Å². The van der Waals surface area contributed by atoms with Crippen LogP contribution in [0.15, 0.2) is 18.2 Å². The molecule has 1 atom stereocenters. The van der Waals surface area contributed by atoms with Crippen molar-refractivity contribution in [1.29, 1.82) is 0 Å². The molecule has 4 nitrogen and oxygen atoms in total. The standard InChI is InChI=1S/C10H12BFO4/c12-7-1-2-9(11(13)14)10(5-7)16-8-3-4-15-6-8/h1-2,5,8,13-14H,3-4,6H2. The van der Waals surface area contributed by atoms with E-state index >= 15 is 0 Å². The van der Waals surface area contributed by atoms with Gasteiger partial charge in [-0.25, -0.2) is 4.39 Å². The van der Waals surface area contributed by atoms with Crippen LogP contribution in [0.25, 0.3) is 0 Å². The van der Waals surface area contributed by atoms with Gasteiger partial charge >= 0.3 is 7.12 Å². The third-order valence-electron chi connectivity index (χ3n) is 2.44. The second-order valence-corrected chi connectivity index (χ2v) is 3.66. The summed E-state index contributed by atoms with van der Waals surface area (Å²) in [7, 11) is -1.67. The van der Waals surface area contributed by atoms with Crippen LogP contribution in [0.1, 0.15) is 6.42 Å². The minimum absolute atomic E-state index is 0.153. The van der Waals surface area contributed by atoms with E-state index in [-0.39, 0.29) is 17.3 Å². The van der Waals surface area contributed by atoms with Crippen molar-refractivity contribution in [3.05, 3.63) is 24.0 Å². The molecule has 0 bridgehead atoms. The summed E-state index contributed by atoms with van der Waals surface area (Å²) in [5, 5.41) is 18.2. The van der Waals surface area contributed by atoms with Crippen LogP contribution < -0.4 is 10.2 Å². The van der Waals surface area contributed by atoms with E-state index < -0.39 is 12.9 Å². The molecule has 1 aromatic rings. The summed E-state index contributed by atoms with van der Waals surface area (Å²) >= 11 is 0. The zero-order valence-corrected chi connectivity index (χ0v) is 8.60. The van der Waals surface area contributed by atoms with E-state index in [1.807, 2.05) is 0 Å². The summed E-state index contributed by atoms with van der Waals surface area (Å²) in [4.78, 5) is 0. The monoisotopic (exact) mass is 226 g/mol. The molecule has 86 valence electrons. The lowest BCUT2D eigenvalue weighted by molar-refractivity contribution is 0.141. The molecule has 1 aliphatic heterocycles. The summed E-state index contributed by atoms with van der Waals surface area (Å²) in [6, 6.07) is 3.60. The van der Waals surface area contributed by atoms with E-state index in [0.717, 1.165) is 18.6 Å². The second kappa shape index (κ2) is 4.82. The maximum atomic E-state index is 13.0. The molecule has 0 aliphatic carbocycles. The third kappa shape index (κ3) is 2.52.